The van der Waals surface area contributed by atoms with Crippen LogP contribution < -0.4 is 4.74 Å². The number of pyridine rings is 1. The molecule has 0 radical (unpaired) electrons. The summed E-state index contributed by atoms with van der Waals surface area (Å²) >= 11 is 0. The molecule has 0 saturated heterocycles. The molecule has 0 saturated carbocycles. The first kappa shape index (κ1) is 12.2. The van der Waals surface area contributed by atoms with E-state index in [1.165, 1.54) is 0 Å². The number of ether oxygens (including phenoxy) is 1. The van der Waals surface area contributed by atoms with Crippen LogP contribution in [0.2, 0.25) is 0 Å². The Balaban J connectivity index is 1.95. The van der Waals surface area contributed by atoms with Gasteiger partial charge >= 0.3 is 0 Å². The predicted octanol–water partition coefficient (Wildman–Crippen LogP) is 3.69. The summed E-state index contributed by atoms with van der Waals surface area (Å²) < 4.78 is 5.75. The molecule has 2 aromatic carbocycles. The Kier molecular flexibility index (Phi) is 3.30. The molecule has 0 atom stereocenters. The fourth-order valence-electron chi connectivity index (χ4n) is 2.18. The number of nitrogens with zero attached hydrogens (tertiary/aromatic N) is 2. The standard InChI is InChI=1S/C17H12N2O/c18-11-13-5-6-14(17-4-2-1-3-16(13)17)12-20-15-7-9-19-10-8-15/h1-10H,12H2. The third kappa shape index (κ3) is 2.32. The van der Waals surface area contributed by atoms with Crippen molar-refractivity contribution in [2.45, 2.75) is 6.61 Å². The highest BCUT2D eigenvalue weighted by Crippen LogP contribution is 2.23. The molecule has 0 unspecified atom stereocenters. The molecule has 3 rings (SSSR count). The summed E-state index contributed by atoms with van der Waals surface area (Å²) in [6, 6.07) is 17.5. The second kappa shape index (κ2) is 5.41. The van der Waals surface area contributed by atoms with Crippen molar-refractivity contribution in [2.24, 2.45) is 0 Å². The van der Waals surface area contributed by atoms with E-state index < -0.39 is 0 Å². The van der Waals surface area contributed by atoms with E-state index >= 15 is 0 Å². The van der Waals surface area contributed by atoms with Gasteiger partial charge in [0.05, 0.1) is 11.6 Å². The maximum absolute atomic E-state index is 9.15. The summed E-state index contributed by atoms with van der Waals surface area (Å²) in [4.78, 5) is 3.96. The van der Waals surface area contributed by atoms with Crippen molar-refractivity contribution < 1.29 is 4.74 Å². The van der Waals surface area contributed by atoms with Gasteiger partial charge in [0.25, 0.3) is 0 Å². The minimum Gasteiger partial charge on any atom is -0.489 e. The Labute approximate surface area is 117 Å². The molecule has 1 heterocycles. The third-order valence-corrected chi connectivity index (χ3v) is 3.18. The first-order valence-electron chi connectivity index (χ1n) is 6.32. The molecular formula is C17H12N2O. The zero-order chi connectivity index (χ0) is 13.8. The van der Waals surface area contributed by atoms with Gasteiger partial charge in [0.2, 0.25) is 0 Å². The zero-order valence-corrected chi connectivity index (χ0v) is 10.8. The number of hydrogen-bond acceptors (Lipinski definition) is 3. The lowest BCUT2D eigenvalue weighted by atomic mass is 10.0. The van der Waals surface area contributed by atoms with Crippen molar-refractivity contribution in [3.05, 3.63) is 72.1 Å². The fourth-order valence-corrected chi connectivity index (χ4v) is 2.18. The van der Waals surface area contributed by atoms with Crippen molar-refractivity contribution >= 4 is 10.8 Å². The van der Waals surface area contributed by atoms with Gasteiger partial charge in [0, 0.05) is 12.4 Å². The first-order chi connectivity index (χ1) is 9.88. The average Bonchev–Trinajstić information content (AvgIpc) is 2.53. The van der Waals surface area contributed by atoms with E-state index in [0.717, 1.165) is 22.1 Å². The molecule has 0 aliphatic heterocycles. The Morgan fingerprint density at radius 3 is 2.45 bits per heavy atom. The van der Waals surface area contributed by atoms with Crippen molar-refractivity contribution in [3.8, 4) is 11.8 Å². The van der Waals surface area contributed by atoms with E-state index in [2.05, 4.69) is 11.1 Å². The summed E-state index contributed by atoms with van der Waals surface area (Å²) in [7, 11) is 0. The van der Waals surface area contributed by atoms with Crippen molar-refractivity contribution in [3.63, 3.8) is 0 Å². The van der Waals surface area contributed by atoms with Crippen molar-refractivity contribution in [1.82, 2.24) is 4.98 Å². The molecule has 96 valence electrons. The molecule has 0 fully saturated rings. The van der Waals surface area contributed by atoms with Crippen LogP contribution in [-0.2, 0) is 6.61 Å². The molecule has 0 N–H and O–H groups in total. The largest absolute Gasteiger partial charge is 0.489 e. The molecule has 3 aromatic rings. The lowest BCUT2D eigenvalue weighted by Gasteiger charge is -2.09. The van der Waals surface area contributed by atoms with Gasteiger partial charge in [-0.3, -0.25) is 4.98 Å². The summed E-state index contributed by atoms with van der Waals surface area (Å²) in [5.74, 6) is 0.786. The molecule has 0 aliphatic carbocycles. The van der Waals surface area contributed by atoms with E-state index in [1.807, 2.05) is 48.5 Å². The maximum atomic E-state index is 9.15. The number of nitriles is 1. The monoisotopic (exact) mass is 260 g/mol. The normalized spacial score (nSPS) is 10.2. The number of hydrogen-bond donors (Lipinski definition) is 0. The average molecular weight is 260 g/mol. The molecule has 3 heteroatoms. The molecule has 0 amide bonds. The highest BCUT2D eigenvalue weighted by atomic mass is 16.5. The van der Waals surface area contributed by atoms with Gasteiger partial charge in [-0.05, 0) is 34.5 Å². The second-order valence-corrected chi connectivity index (χ2v) is 4.40. The maximum Gasteiger partial charge on any atom is 0.122 e. The number of rotatable bonds is 3. The van der Waals surface area contributed by atoms with Gasteiger partial charge in [0.1, 0.15) is 12.4 Å². The van der Waals surface area contributed by atoms with Crippen LogP contribution in [0.25, 0.3) is 10.8 Å². The van der Waals surface area contributed by atoms with E-state index in [-0.39, 0.29) is 0 Å². The fraction of sp³-hybridized carbons (Fsp3) is 0.0588. The molecular weight excluding hydrogens is 248 g/mol. The molecule has 20 heavy (non-hydrogen) atoms. The zero-order valence-electron chi connectivity index (χ0n) is 10.8. The molecule has 1 aromatic heterocycles. The Morgan fingerprint density at radius 1 is 0.950 bits per heavy atom. The summed E-state index contributed by atoms with van der Waals surface area (Å²) in [6.07, 6.45) is 3.40. The minimum absolute atomic E-state index is 0.468. The van der Waals surface area contributed by atoms with Crippen LogP contribution in [0.4, 0.5) is 0 Å². The number of benzene rings is 2. The third-order valence-electron chi connectivity index (χ3n) is 3.18. The Hall–Kier alpha value is -2.86. The van der Waals surface area contributed by atoms with Crippen molar-refractivity contribution in [2.75, 3.05) is 0 Å². The summed E-state index contributed by atoms with van der Waals surface area (Å²) in [6.45, 7) is 0.468. The molecule has 0 aliphatic rings. The van der Waals surface area contributed by atoms with Crippen LogP contribution in [-0.4, -0.2) is 4.98 Å². The van der Waals surface area contributed by atoms with Crippen LogP contribution in [0.5, 0.6) is 5.75 Å². The van der Waals surface area contributed by atoms with Crippen molar-refractivity contribution in [1.29, 1.82) is 5.26 Å². The van der Waals surface area contributed by atoms with Crippen LogP contribution in [0.1, 0.15) is 11.1 Å². The SMILES string of the molecule is N#Cc1ccc(COc2ccncc2)c2ccccc12. The molecule has 0 spiro atoms. The number of fused-ring (bicyclic) bond motifs is 1. The highest BCUT2D eigenvalue weighted by molar-refractivity contribution is 5.90. The van der Waals surface area contributed by atoms with Crippen LogP contribution >= 0.6 is 0 Å². The van der Waals surface area contributed by atoms with Gasteiger partial charge in [0.15, 0.2) is 0 Å². The summed E-state index contributed by atoms with van der Waals surface area (Å²) in [5.41, 5.74) is 1.75. The molecule has 0 bridgehead atoms. The summed E-state index contributed by atoms with van der Waals surface area (Å²) in [5, 5.41) is 11.2. The van der Waals surface area contributed by atoms with Crippen LogP contribution in [0, 0.1) is 11.3 Å². The first-order valence-corrected chi connectivity index (χ1v) is 6.32. The van der Waals surface area contributed by atoms with Gasteiger partial charge in [-0.25, -0.2) is 0 Å². The Bertz CT molecular complexity index is 776. The predicted molar refractivity (Wildman–Crippen MR) is 77.2 cm³/mol. The van der Waals surface area contributed by atoms with Gasteiger partial charge in [-0.15, -0.1) is 0 Å². The quantitative estimate of drug-likeness (QED) is 0.721. The van der Waals surface area contributed by atoms with Gasteiger partial charge in [-0.1, -0.05) is 30.3 Å². The Morgan fingerprint density at radius 2 is 1.70 bits per heavy atom. The lowest BCUT2D eigenvalue weighted by molar-refractivity contribution is 0.307. The van der Waals surface area contributed by atoms with Gasteiger partial charge < -0.3 is 4.74 Å². The molecule has 3 nitrogen and oxygen atoms in total. The smallest absolute Gasteiger partial charge is 0.122 e. The van der Waals surface area contributed by atoms with E-state index in [4.69, 9.17) is 10.00 Å². The van der Waals surface area contributed by atoms with Crippen LogP contribution in [0.15, 0.2) is 60.9 Å². The van der Waals surface area contributed by atoms with E-state index in [9.17, 15) is 0 Å². The second-order valence-electron chi connectivity index (χ2n) is 4.40. The van der Waals surface area contributed by atoms with Crippen LogP contribution in [0.3, 0.4) is 0 Å². The van der Waals surface area contributed by atoms with E-state index in [0.29, 0.717) is 12.2 Å². The van der Waals surface area contributed by atoms with Gasteiger partial charge in [-0.2, -0.15) is 5.26 Å². The topological polar surface area (TPSA) is 45.9 Å². The minimum atomic E-state index is 0.468. The van der Waals surface area contributed by atoms with E-state index in [1.54, 1.807) is 12.4 Å². The number of aromatic nitrogens is 1. The lowest BCUT2D eigenvalue weighted by Crippen LogP contribution is -1.97. The highest BCUT2D eigenvalue weighted by Gasteiger charge is 2.05.